The summed E-state index contributed by atoms with van der Waals surface area (Å²) in [5.41, 5.74) is 1.37. The molecule has 2 heteroatoms. The lowest BCUT2D eigenvalue weighted by Gasteiger charge is -2.15. The number of benzene rings is 1. The first-order valence-electron chi connectivity index (χ1n) is 4.66. The van der Waals surface area contributed by atoms with Gasteiger partial charge in [0.15, 0.2) is 0 Å². The Kier molecular flexibility index (Phi) is 7.17. The van der Waals surface area contributed by atoms with Gasteiger partial charge in [0.05, 0.1) is 0 Å². The van der Waals surface area contributed by atoms with Crippen LogP contribution in [-0.2, 0) is 6.54 Å². The molecule has 0 bridgehead atoms. The van der Waals surface area contributed by atoms with Crippen molar-refractivity contribution in [2.45, 2.75) is 13.0 Å². The Balaban J connectivity index is 0.00000169. The lowest BCUT2D eigenvalue weighted by Crippen LogP contribution is -2.18. The highest BCUT2D eigenvalue weighted by molar-refractivity contribution is 5.85. The van der Waals surface area contributed by atoms with Gasteiger partial charge in [0, 0.05) is 13.1 Å². The predicted molar refractivity (Wildman–Crippen MR) is 64.8 cm³/mol. The average molecular weight is 212 g/mol. The summed E-state index contributed by atoms with van der Waals surface area (Å²) in [6, 6.07) is 10.5. The molecule has 0 aliphatic carbocycles. The second-order valence-corrected chi connectivity index (χ2v) is 3.30. The fourth-order valence-electron chi connectivity index (χ4n) is 1.29. The van der Waals surface area contributed by atoms with Crippen LogP contribution in [0.1, 0.15) is 12.0 Å². The maximum atomic E-state index is 3.71. The van der Waals surface area contributed by atoms with Crippen LogP contribution in [0.4, 0.5) is 0 Å². The molecule has 1 aromatic carbocycles. The summed E-state index contributed by atoms with van der Waals surface area (Å²) in [4.78, 5) is 2.30. The molecule has 0 saturated heterocycles. The molecule has 0 amide bonds. The summed E-state index contributed by atoms with van der Waals surface area (Å²) in [5.74, 6) is 0. The minimum atomic E-state index is 0. The molecule has 14 heavy (non-hydrogen) atoms. The average Bonchev–Trinajstić information content (AvgIpc) is 2.16. The van der Waals surface area contributed by atoms with Gasteiger partial charge in [-0.2, -0.15) is 0 Å². The maximum absolute atomic E-state index is 3.71. The van der Waals surface area contributed by atoms with Crippen molar-refractivity contribution >= 4 is 12.4 Å². The molecule has 0 radical (unpaired) electrons. The molecule has 0 heterocycles. The van der Waals surface area contributed by atoms with E-state index in [0.717, 1.165) is 19.5 Å². The van der Waals surface area contributed by atoms with Gasteiger partial charge >= 0.3 is 0 Å². The SMILES string of the molecule is C=CCCN(C)Cc1ccccc1.Cl. The number of nitrogens with zero attached hydrogens (tertiary/aromatic N) is 1. The summed E-state index contributed by atoms with van der Waals surface area (Å²) in [6.45, 7) is 5.82. The molecular weight excluding hydrogens is 194 g/mol. The van der Waals surface area contributed by atoms with Crippen LogP contribution in [0.2, 0.25) is 0 Å². The molecule has 0 spiro atoms. The Morgan fingerprint density at radius 3 is 2.50 bits per heavy atom. The minimum absolute atomic E-state index is 0. The quantitative estimate of drug-likeness (QED) is 0.677. The summed E-state index contributed by atoms with van der Waals surface area (Å²) in [7, 11) is 2.14. The van der Waals surface area contributed by atoms with Gasteiger partial charge in [-0.25, -0.2) is 0 Å². The van der Waals surface area contributed by atoms with Gasteiger partial charge in [0.25, 0.3) is 0 Å². The Morgan fingerprint density at radius 1 is 1.29 bits per heavy atom. The van der Waals surface area contributed by atoms with E-state index >= 15 is 0 Å². The molecule has 0 aliphatic rings. The van der Waals surface area contributed by atoms with Gasteiger partial charge < -0.3 is 4.90 Å². The Morgan fingerprint density at radius 2 is 1.93 bits per heavy atom. The summed E-state index contributed by atoms with van der Waals surface area (Å²) in [6.07, 6.45) is 3.02. The largest absolute Gasteiger partial charge is 0.302 e. The maximum Gasteiger partial charge on any atom is 0.0230 e. The lowest BCUT2D eigenvalue weighted by atomic mass is 10.2. The van der Waals surface area contributed by atoms with Crippen LogP contribution in [0, 0.1) is 0 Å². The first kappa shape index (κ1) is 13.2. The van der Waals surface area contributed by atoms with E-state index in [1.165, 1.54) is 5.56 Å². The molecule has 1 nitrogen and oxygen atoms in total. The summed E-state index contributed by atoms with van der Waals surface area (Å²) < 4.78 is 0. The number of hydrogen-bond donors (Lipinski definition) is 0. The third-order valence-corrected chi connectivity index (χ3v) is 2.01. The molecule has 0 N–H and O–H groups in total. The fraction of sp³-hybridized carbons (Fsp3) is 0.333. The normalized spacial score (nSPS) is 9.57. The monoisotopic (exact) mass is 211 g/mol. The Hall–Kier alpha value is -0.790. The van der Waals surface area contributed by atoms with Crippen molar-refractivity contribution in [1.82, 2.24) is 4.90 Å². The number of hydrogen-bond acceptors (Lipinski definition) is 1. The molecule has 1 aromatic rings. The first-order valence-corrected chi connectivity index (χ1v) is 4.66. The standard InChI is InChI=1S/C12H17N.ClH/c1-3-4-10-13(2)11-12-8-6-5-7-9-12;/h3,5-9H,1,4,10-11H2,2H3;1H. The molecule has 0 aromatic heterocycles. The van der Waals surface area contributed by atoms with Crippen LogP contribution >= 0.6 is 12.4 Å². The van der Waals surface area contributed by atoms with Crippen molar-refractivity contribution in [1.29, 1.82) is 0 Å². The zero-order chi connectivity index (χ0) is 9.52. The molecule has 0 atom stereocenters. The van der Waals surface area contributed by atoms with Gasteiger partial charge in [0.2, 0.25) is 0 Å². The van der Waals surface area contributed by atoms with Crippen LogP contribution in [0.3, 0.4) is 0 Å². The van der Waals surface area contributed by atoms with Gasteiger partial charge in [0.1, 0.15) is 0 Å². The van der Waals surface area contributed by atoms with Crippen molar-refractivity contribution in [2.24, 2.45) is 0 Å². The summed E-state index contributed by atoms with van der Waals surface area (Å²) >= 11 is 0. The van der Waals surface area contributed by atoms with Crippen molar-refractivity contribution in [3.8, 4) is 0 Å². The van der Waals surface area contributed by atoms with Crippen LogP contribution in [0.25, 0.3) is 0 Å². The highest BCUT2D eigenvalue weighted by Gasteiger charge is 1.97. The third-order valence-electron chi connectivity index (χ3n) is 2.01. The second-order valence-electron chi connectivity index (χ2n) is 3.30. The van der Waals surface area contributed by atoms with Gasteiger partial charge in [-0.15, -0.1) is 19.0 Å². The highest BCUT2D eigenvalue weighted by atomic mass is 35.5. The molecular formula is C12H18ClN. The zero-order valence-electron chi connectivity index (χ0n) is 8.65. The predicted octanol–water partition coefficient (Wildman–Crippen LogP) is 3.12. The van der Waals surface area contributed by atoms with Crippen molar-refractivity contribution in [3.63, 3.8) is 0 Å². The van der Waals surface area contributed by atoms with Crippen molar-refractivity contribution in [2.75, 3.05) is 13.6 Å². The molecule has 0 fully saturated rings. The van der Waals surface area contributed by atoms with E-state index in [1.807, 2.05) is 12.1 Å². The smallest absolute Gasteiger partial charge is 0.0230 e. The number of rotatable bonds is 5. The molecule has 78 valence electrons. The Bertz CT molecular complexity index is 246. The Labute approximate surface area is 92.8 Å². The number of halogens is 1. The highest BCUT2D eigenvalue weighted by Crippen LogP contribution is 2.02. The summed E-state index contributed by atoms with van der Waals surface area (Å²) in [5, 5.41) is 0. The van der Waals surface area contributed by atoms with E-state index in [9.17, 15) is 0 Å². The fourth-order valence-corrected chi connectivity index (χ4v) is 1.29. The lowest BCUT2D eigenvalue weighted by molar-refractivity contribution is 0.333. The van der Waals surface area contributed by atoms with Crippen molar-refractivity contribution < 1.29 is 0 Å². The van der Waals surface area contributed by atoms with Crippen LogP contribution in [0.15, 0.2) is 43.0 Å². The first-order chi connectivity index (χ1) is 6.33. The molecule has 0 aliphatic heterocycles. The third kappa shape index (κ3) is 5.05. The van der Waals surface area contributed by atoms with E-state index in [1.54, 1.807) is 0 Å². The van der Waals surface area contributed by atoms with E-state index in [0.29, 0.717) is 0 Å². The van der Waals surface area contributed by atoms with E-state index in [4.69, 9.17) is 0 Å². The molecule has 0 unspecified atom stereocenters. The topological polar surface area (TPSA) is 3.24 Å². The van der Waals surface area contributed by atoms with Crippen LogP contribution in [0.5, 0.6) is 0 Å². The van der Waals surface area contributed by atoms with Crippen molar-refractivity contribution in [3.05, 3.63) is 48.6 Å². The second kappa shape index (κ2) is 7.60. The van der Waals surface area contributed by atoms with Gasteiger partial charge in [-0.05, 0) is 19.0 Å². The van der Waals surface area contributed by atoms with E-state index in [2.05, 4.69) is 42.8 Å². The van der Waals surface area contributed by atoms with Gasteiger partial charge in [-0.3, -0.25) is 0 Å². The van der Waals surface area contributed by atoms with Gasteiger partial charge in [-0.1, -0.05) is 36.4 Å². The van der Waals surface area contributed by atoms with E-state index < -0.39 is 0 Å². The zero-order valence-corrected chi connectivity index (χ0v) is 9.46. The molecule has 0 saturated carbocycles. The van der Waals surface area contributed by atoms with Crippen LogP contribution < -0.4 is 0 Å². The molecule has 1 rings (SSSR count). The minimum Gasteiger partial charge on any atom is -0.302 e. The van der Waals surface area contributed by atoms with Crippen LogP contribution in [-0.4, -0.2) is 18.5 Å². The van der Waals surface area contributed by atoms with E-state index in [-0.39, 0.29) is 12.4 Å².